The Morgan fingerprint density at radius 2 is 2.10 bits per heavy atom. The van der Waals surface area contributed by atoms with Crippen LogP contribution >= 0.6 is 0 Å². The molecule has 21 heavy (non-hydrogen) atoms. The van der Waals surface area contributed by atoms with Crippen molar-refractivity contribution in [1.29, 1.82) is 0 Å². The van der Waals surface area contributed by atoms with Gasteiger partial charge < -0.3 is 15.4 Å². The number of hydrogen-bond donors (Lipinski definition) is 1. The fraction of sp³-hybridized carbons (Fsp3) is 0.588. The number of ether oxygens (including phenoxy) is 1. The predicted octanol–water partition coefficient (Wildman–Crippen LogP) is 3.01. The van der Waals surface area contributed by atoms with Crippen LogP contribution in [0.25, 0.3) is 0 Å². The summed E-state index contributed by atoms with van der Waals surface area (Å²) in [6.45, 7) is 2.78. The van der Waals surface area contributed by atoms with Crippen molar-refractivity contribution in [3.63, 3.8) is 0 Å². The molecule has 1 aliphatic heterocycles. The number of rotatable bonds is 3. The Balaban J connectivity index is 1.87. The fourth-order valence-corrected chi connectivity index (χ4v) is 3.54. The van der Waals surface area contributed by atoms with Crippen molar-refractivity contribution in [3.05, 3.63) is 23.8 Å². The third-order valence-corrected chi connectivity index (χ3v) is 4.78. The van der Waals surface area contributed by atoms with Crippen LogP contribution in [0, 0.1) is 5.92 Å². The van der Waals surface area contributed by atoms with Gasteiger partial charge in [-0.1, -0.05) is 25.3 Å². The van der Waals surface area contributed by atoms with E-state index in [1.807, 2.05) is 13.0 Å². The van der Waals surface area contributed by atoms with E-state index in [2.05, 4.69) is 12.1 Å². The molecule has 4 heteroatoms. The zero-order valence-electron chi connectivity index (χ0n) is 12.7. The molecule has 1 heterocycles. The van der Waals surface area contributed by atoms with E-state index >= 15 is 0 Å². The highest BCUT2D eigenvalue weighted by atomic mass is 16.5. The van der Waals surface area contributed by atoms with Gasteiger partial charge >= 0.3 is 0 Å². The summed E-state index contributed by atoms with van der Waals surface area (Å²) in [5.41, 5.74) is 8.48. The van der Waals surface area contributed by atoms with Gasteiger partial charge in [-0.25, -0.2) is 0 Å². The van der Waals surface area contributed by atoms with Gasteiger partial charge in [0.1, 0.15) is 5.75 Å². The standard InChI is InChI=1S/C17H24N2O2/c1-2-19-14-10-13(8-9-15(14)21-11-16(19)20)17(18)12-6-4-3-5-7-12/h8-10,12,17H,2-7,11,18H2,1H3. The van der Waals surface area contributed by atoms with E-state index in [0.29, 0.717) is 12.5 Å². The van der Waals surface area contributed by atoms with Crippen molar-refractivity contribution in [2.24, 2.45) is 11.7 Å². The predicted molar refractivity (Wildman–Crippen MR) is 83.5 cm³/mol. The molecule has 4 nitrogen and oxygen atoms in total. The Bertz CT molecular complexity index is 524. The smallest absolute Gasteiger partial charge is 0.265 e. The normalized spacial score (nSPS) is 20.9. The summed E-state index contributed by atoms with van der Waals surface area (Å²) in [4.78, 5) is 13.7. The third kappa shape index (κ3) is 2.77. The van der Waals surface area contributed by atoms with Crippen molar-refractivity contribution in [3.8, 4) is 5.75 Å². The van der Waals surface area contributed by atoms with Crippen LogP contribution in [0.4, 0.5) is 5.69 Å². The first-order chi connectivity index (χ1) is 10.2. The number of carbonyl (C=O) groups excluding carboxylic acids is 1. The van der Waals surface area contributed by atoms with Gasteiger partial charge in [0.15, 0.2) is 6.61 Å². The van der Waals surface area contributed by atoms with Crippen LogP contribution in [-0.4, -0.2) is 19.1 Å². The van der Waals surface area contributed by atoms with Gasteiger partial charge in [0.2, 0.25) is 0 Å². The Labute approximate surface area is 126 Å². The van der Waals surface area contributed by atoms with Crippen LogP contribution in [0.5, 0.6) is 5.75 Å². The summed E-state index contributed by atoms with van der Waals surface area (Å²) in [5.74, 6) is 1.37. The first-order valence-corrected chi connectivity index (χ1v) is 8.03. The second kappa shape index (κ2) is 6.06. The van der Waals surface area contributed by atoms with Crippen molar-refractivity contribution in [2.75, 3.05) is 18.1 Å². The molecule has 1 atom stereocenters. The Morgan fingerprint density at radius 1 is 1.33 bits per heavy atom. The largest absolute Gasteiger partial charge is 0.482 e. The summed E-state index contributed by atoms with van der Waals surface area (Å²) < 4.78 is 5.52. The van der Waals surface area contributed by atoms with Crippen LogP contribution in [0.1, 0.15) is 50.6 Å². The van der Waals surface area contributed by atoms with Crippen molar-refractivity contribution in [2.45, 2.75) is 45.1 Å². The highest BCUT2D eigenvalue weighted by Gasteiger charge is 2.27. The quantitative estimate of drug-likeness (QED) is 0.930. The van der Waals surface area contributed by atoms with Crippen LogP contribution in [0.15, 0.2) is 18.2 Å². The molecule has 1 unspecified atom stereocenters. The van der Waals surface area contributed by atoms with Gasteiger partial charge in [-0.3, -0.25) is 4.79 Å². The number of benzene rings is 1. The number of fused-ring (bicyclic) bond motifs is 1. The van der Waals surface area contributed by atoms with E-state index < -0.39 is 0 Å². The molecular weight excluding hydrogens is 264 g/mol. The van der Waals surface area contributed by atoms with Crippen molar-refractivity contribution >= 4 is 11.6 Å². The lowest BCUT2D eigenvalue weighted by atomic mass is 9.81. The average molecular weight is 288 g/mol. The maximum atomic E-state index is 11.9. The molecule has 2 N–H and O–H groups in total. The van der Waals surface area contributed by atoms with E-state index in [-0.39, 0.29) is 18.6 Å². The van der Waals surface area contributed by atoms with Crippen LogP contribution < -0.4 is 15.4 Å². The zero-order chi connectivity index (χ0) is 14.8. The molecule has 1 fully saturated rings. The molecule has 114 valence electrons. The molecule has 1 aliphatic carbocycles. The molecule has 1 aromatic rings. The number of amides is 1. The first-order valence-electron chi connectivity index (χ1n) is 8.03. The summed E-state index contributed by atoms with van der Waals surface area (Å²) in [5, 5.41) is 0. The van der Waals surface area contributed by atoms with Gasteiger partial charge in [0.25, 0.3) is 5.91 Å². The van der Waals surface area contributed by atoms with E-state index in [0.717, 1.165) is 17.0 Å². The van der Waals surface area contributed by atoms with Gasteiger partial charge in [-0.05, 0) is 43.4 Å². The number of anilines is 1. The average Bonchev–Trinajstić information content (AvgIpc) is 2.54. The molecule has 1 amide bonds. The van der Waals surface area contributed by atoms with E-state index in [9.17, 15) is 4.79 Å². The number of nitrogens with zero attached hydrogens (tertiary/aromatic N) is 1. The molecule has 0 aromatic heterocycles. The Kier molecular flexibility index (Phi) is 4.15. The third-order valence-electron chi connectivity index (χ3n) is 4.78. The highest BCUT2D eigenvalue weighted by Crippen LogP contribution is 2.38. The summed E-state index contributed by atoms with van der Waals surface area (Å²) in [6.07, 6.45) is 6.33. The van der Waals surface area contributed by atoms with E-state index in [1.165, 1.54) is 32.1 Å². The second-order valence-corrected chi connectivity index (χ2v) is 6.08. The zero-order valence-corrected chi connectivity index (χ0v) is 12.7. The molecule has 0 spiro atoms. The molecule has 0 bridgehead atoms. The van der Waals surface area contributed by atoms with Gasteiger partial charge in [0, 0.05) is 12.6 Å². The molecule has 0 saturated heterocycles. The SMILES string of the molecule is CCN1C(=O)COc2ccc(C(N)C3CCCCC3)cc21. The first kappa shape index (κ1) is 14.4. The molecular formula is C17H24N2O2. The lowest BCUT2D eigenvalue weighted by molar-refractivity contribution is -0.121. The van der Waals surface area contributed by atoms with Gasteiger partial charge in [-0.2, -0.15) is 0 Å². The second-order valence-electron chi connectivity index (χ2n) is 6.08. The maximum absolute atomic E-state index is 11.9. The Morgan fingerprint density at radius 3 is 2.81 bits per heavy atom. The van der Waals surface area contributed by atoms with Crippen LogP contribution in [-0.2, 0) is 4.79 Å². The number of carbonyl (C=O) groups is 1. The highest BCUT2D eigenvalue weighted by molar-refractivity contribution is 5.97. The summed E-state index contributed by atoms with van der Waals surface area (Å²) >= 11 is 0. The minimum atomic E-state index is 0.0217. The van der Waals surface area contributed by atoms with Crippen molar-refractivity contribution < 1.29 is 9.53 Å². The maximum Gasteiger partial charge on any atom is 0.265 e. The number of likely N-dealkylation sites (N-methyl/N-ethyl adjacent to an activating group) is 1. The van der Waals surface area contributed by atoms with E-state index in [4.69, 9.17) is 10.5 Å². The Hall–Kier alpha value is -1.55. The summed E-state index contributed by atoms with van der Waals surface area (Å²) in [7, 11) is 0. The fourth-order valence-electron chi connectivity index (χ4n) is 3.54. The monoisotopic (exact) mass is 288 g/mol. The molecule has 1 aromatic carbocycles. The lowest BCUT2D eigenvalue weighted by Gasteiger charge is -2.31. The topological polar surface area (TPSA) is 55.6 Å². The molecule has 1 saturated carbocycles. The minimum absolute atomic E-state index is 0.0217. The lowest BCUT2D eigenvalue weighted by Crippen LogP contribution is -2.38. The van der Waals surface area contributed by atoms with E-state index in [1.54, 1.807) is 4.90 Å². The summed E-state index contributed by atoms with van der Waals surface area (Å²) in [6, 6.07) is 6.13. The van der Waals surface area contributed by atoms with Crippen LogP contribution in [0.3, 0.4) is 0 Å². The van der Waals surface area contributed by atoms with Gasteiger partial charge in [0.05, 0.1) is 5.69 Å². The number of nitrogens with two attached hydrogens (primary N) is 1. The molecule has 3 rings (SSSR count). The molecule has 2 aliphatic rings. The number of hydrogen-bond acceptors (Lipinski definition) is 3. The minimum Gasteiger partial charge on any atom is -0.482 e. The van der Waals surface area contributed by atoms with Gasteiger partial charge in [-0.15, -0.1) is 0 Å². The molecule has 0 radical (unpaired) electrons. The van der Waals surface area contributed by atoms with Crippen molar-refractivity contribution in [1.82, 2.24) is 0 Å². The van der Waals surface area contributed by atoms with Crippen LogP contribution in [0.2, 0.25) is 0 Å².